The molecule has 0 amide bonds. The largest absolute Gasteiger partial charge is 0.380 e. The van der Waals surface area contributed by atoms with Crippen molar-refractivity contribution in [1.82, 2.24) is 5.32 Å². The van der Waals surface area contributed by atoms with Crippen LogP contribution in [-0.4, -0.2) is 26.3 Å². The fourth-order valence-corrected chi connectivity index (χ4v) is 2.81. The molecule has 1 aromatic heterocycles. The van der Waals surface area contributed by atoms with Crippen LogP contribution in [0.2, 0.25) is 0 Å². The van der Waals surface area contributed by atoms with E-state index in [1.54, 1.807) is 11.3 Å². The first kappa shape index (κ1) is 14.5. The molecule has 1 heterocycles. The van der Waals surface area contributed by atoms with E-state index >= 15 is 0 Å². The van der Waals surface area contributed by atoms with Gasteiger partial charge < -0.3 is 10.1 Å². The Bertz CT molecular complexity index is 480. The second-order valence-corrected chi connectivity index (χ2v) is 5.71. The molecule has 0 bridgehead atoms. The Kier molecular flexibility index (Phi) is 6.34. The number of benzene rings is 1. The van der Waals surface area contributed by atoms with Crippen molar-refractivity contribution >= 4 is 21.4 Å². The minimum Gasteiger partial charge on any atom is -0.380 e. The molecule has 0 saturated heterocycles. The molecule has 0 aliphatic rings. The summed E-state index contributed by atoms with van der Waals surface area (Å²) >= 11 is 1.80. The second-order valence-electron chi connectivity index (χ2n) is 4.76. The first-order valence-corrected chi connectivity index (χ1v) is 8.02. The average molecular weight is 277 g/mol. The van der Waals surface area contributed by atoms with Gasteiger partial charge in [-0.25, -0.2) is 0 Å². The topological polar surface area (TPSA) is 21.3 Å². The third-order valence-corrected chi connectivity index (χ3v) is 4.08. The summed E-state index contributed by atoms with van der Waals surface area (Å²) in [5.41, 5.74) is 1.37. The minimum absolute atomic E-state index is 0.810. The smallest absolute Gasteiger partial charge is 0.0591 e. The fraction of sp³-hybridized carbons (Fsp3) is 0.500. The number of unbranched alkanes of at least 4 members (excludes halogenated alkanes) is 1. The maximum absolute atomic E-state index is 5.65. The Morgan fingerprint density at radius 1 is 1.16 bits per heavy atom. The summed E-state index contributed by atoms with van der Waals surface area (Å²) < 4.78 is 7.02. The van der Waals surface area contributed by atoms with Gasteiger partial charge in [-0.15, -0.1) is 11.3 Å². The third-order valence-electron chi connectivity index (χ3n) is 3.18. The summed E-state index contributed by atoms with van der Waals surface area (Å²) in [5.74, 6) is 0. The molecule has 104 valence electrons. The molecular formula is C16H23NOS. The molecular weight excluding hydrogens is 254 g/mol. The molecule has 2 rings (SSSR count). The number of rotatable bonds is 9. The molecule has 0 radical (unpaired) electrons. The molecule has 2 nitrogen and oxygen atoms in total. The van der Waals surface area contributed by atoms with Gasteiger partial charge >= 0.3 is 0 Å². The zero-order valence-electron chi connectivity index (χ0n) is 11.7. The van der Waals surface area contributed by atoms with E-state index in [-0.39, 0.29) is 0 Å². The van der Waals surface area contributed by atoms with Gasteiger partial charge in [0.25, 0.3) is 0 Å². The summed E-state index contributed by atoms with van der Waals surface area (Å²) in [5, 5.41) is 6.88. The van der Waals surface area contributed by atoms with Crippen LogP contribution >= 0.6 is 11.3 Å². The Morgan fingerprint density at radius 2 is 2.11 bits per heavy atom. The molecule has 3 heteroatoms. The van der Waals surface area contributed by atoms with Crippen LogP contribution in [0.25, 0.3) is 10.1 Å². The zero-order valence-corrected chi connectivity index (χ0v) is 12.5. The molecule has 1 N–H and O–H groups in total. The predicted octanol–water partition coefficient (Wildman–Crippen LogP) is 3.85. The van der Waals surface area contributed by atoms with Crippen LogP contribution in [-0.2, 0) is 11.2 Å². The van der Waals surface area contributed by atoms with Gasteiger partial charge in [0.15, 0.2) is 0 Å². The van der Waals surface area contributed by atoms with Crippen molar-refractivity contribution in [3.05, 3.63) is 35.2 Å². The lowest BCUT2D eigenvalue weighted by atomic mass is 10.1. The maximum atomic E-state index is 5.65. The van der Waals surface area contributed by atoms with E-state index in [1.165, 1.54) is 28.5 Å². The molecule has 0 aliphatic heterocycles. The molecule has 0 saturated carbocycles. The summed E-state index contributed by atoms with van der Waals surface area (Å²) in [7, 11) is 0. The zero-order chi connectivity index (χ0) is 13.3. The normalized spacial score (nSPS) is 11.2. The van der Waals surface area contributed by atoms with Gasteiger partial charge in [0.1, 0.15) is 0 Å². The SMILES string of the molecule is CCCCNCCOCCc1ccc2sccc2c1. The van der Waals surface area contributed by atoms with Gasteiger partial charge in [0, 0.05) is 11.2 Å². The van der Waals surface area contributed by atoms with Crippen LogP contribution in [0, 0.1) is 0 Å². The number of fused-ring (bicyclic) bond motifs is 1. The molecule has 2 aromatic rings. The second kappa shape index (κ2) is 8.31. The fourth-order valence-electron chi connectivity index (χ4n) is 2.03. The molecule has 0 fully saturated rings. The van der Waals surface area contributed by atoms with Crippen LogP contribution in [0.15, 0.2) is 29.6 Å². The van der Waals surface area contributed by atoms with E-state index in [4.69, 9.17) is 4.74 Å². The Morgan fingerprint density at radius 3 is 3.00 bits per heavy atom. The number of thiophene rings is 1. The highest BCUT2D eigenvalue weighted by atomic mass is 32.1. The van der Waals surface area contributed by atoms with Gasteiger partial charge in [-0.2, -0.15) is 0 Å². The van der Waals surface area contributed by atoms with Gasteiger partial charge in [-0.3, -0.25) is 0 Å². The highest BCUT2D eigenvalue weighted by Crippen LogP contribution is 2.21. The van der Waals surface area contributed by atoms with Crippen LogP contribution in [0.4, 0.5) is 0 Å². The summed E-state index contributed by atoms with van der Waals surface area (Å²) in [6.45, 7) is 5.90. The van der Waals surface area contributed by atoms with E-state index in [2.05, 4.69) is 41.9 Å². The summed E-state index contributed by atoms with van der Waals surface area (Å²) in [4.78, 5) is 0. The van der Waals surface area contributed by atoms with Crippen molar-refractivity contribution < 1.29 is 4.74 Å². The van der Waals surface area contributed by atoms with Gasteiger partial charge in [-0.1, -0.05) is 25.5 Å². The number of ether oxygens (including phenoxy) is 1. The maximum Gasteiger partial charge on any atom is 0.0591 e. The van der Waals surface area contributed by atoms with Crippen molar-refractivity contribution in [2.75, 3.05) is 26.3 Å². The van der Waals surface area contributed by atoms with Crippen molar-refractivity contribution in [3.63, 3.8) is 0 Å². The van der Waals surface area contributed by atoms with Crippen molar-refractivity contribution in [3.8, 4) is 0 Å². The van der Waals surface area contributed by atoms with Gasteiger partial charge in [0.2, 0.25) is 0 Å². The highest BCUT2D eigenvalue weighted by Gasteiger charge is 1.98. The quantitative estimate of drug-likeness (QED) is 0.703. The molecule has 0 aliphatic carbocycles. The van der Waals surface area contributed by atoms with E-state index in [0.29, 0.717) is 0 Å². The number of hydrogen-bond acceptors (Lipinski definition) is 3. The van der Waals surface area contributed by atoms with Crippen LogP contribution in [0.5, 0.6) is 0 Å². The lowest BCUT2D eigenvalue weighted by Crippen LogP contribution is -2.21. The Balaban J connectivity index is 1.60. The van der Waals surface area contributed by atoms with Gasteiger partial charge in [-0.05, 0) is 47.8 Å². The Labute approximate surface area is 119 Å². The molecule has 1 aromatic carbocycles. The molecule has 19 heavy (non-hydrogen) atoms. The van der Waals surface area contributed by atoms with Gasteiger partial charge in [0.05, 0.1) is 13.2 Å². The van der Waals surface area contributed by atoms with E-state index in [0.717, 1.165) is 32.7 Å². The number of hydrogen-bond donors (Lipinski definition) is 1. The van der Waals surface area contributed by atoms with Crippen LogP contribution in [0.3, 0.4) is 0 Å². The van der Waals surface area contributed by atoms with Crippen LogP contribution in [0.1, 0.15) is 25.3 Å². The molecule has 0 atom stereocenters. The summed E-state index contributed by atoms with van der Waals surface area (Å²) in [6, 6.07) is 8.88. The van der Waals surface area contributed by atoms with E-state index in [9.17, 15) is 0 Å². The standard InChI is InChI=1S/C16H23NOS/c1-2-3-8-17-9-11-18-10-6-14-4-5-16-15(13-14)7-12-19-16/h4-5,7,12-13,17H,2-3,6,8-11H2,1H3. The average Bonchev–Trinajstić information content (AvgIpc) is 2.89. The minimum atomic E-state index is 0.810. The first-order chi connectivity index (χ1) is 9.40. The van der Waals surface area contributed by atoms with Crippen molar-refractivity contribution in [1.29, 1.82) is 0 Å². The van der Waals surface area contributed by atoms with Crippen molar-refractivity contribution in [2.45, 2.75) is 26.2 Å². The highest BCUT2D eigenvalue weighted by molar-refractivity contribution is 7.17. The molecule has 0 spiro atoms. The third kappa shape index (κ3) is 4.94. The lowest BCUT2D eigenvalue weighted by molar-refractivity contribution is 0.139. The number of nitrogens with one attached hydrogen (secondary N) is 1. The van der Waals surface area contributed by atoms with E-state index < -0.39 is 0 Å². The monoisotopic (exact) mass is 277 g/mol. The first-order valence-electron chi connectivity index (χ1n) is 7.14. The predicted molar refractivity (Wildman–Crippen MR) is 84.1 cm³/mol. The van der Waals surface area contributed by atoms with E-state index in [1.807, 2.05) is 0 Å². The Hall–Kier alpha value is -0.900. The summed E-state index contributed by atoms with van der Waals surface area (Å²) in [6.07, 6.45) is 3.50. The molecule has 0 unspecified atom stereocenters. The lowest BCUT2D eigenvalue weighted by Gasteiger charge is -2.06. The van der Waals surface area contributed by atoms with Crippen molar-refractivity contribution in [2.24, 2.45) is 0 Å². The van der Waals surface area contributed by atoms with Crippen LogP contribution < -0.4 is 5.32 Å².